The summed E-state index contributed by atoms with van der Waals surface area (Å²) in [5, 5.41) is 5.42. The SMILES string of the molecule is CNCc1cc(S(=O)(=O)NCc2cc(Br)cs2)ccc1Cl. The Morgan fingerprint density at radius 1 is 1.29 bits per heavy atom. The molecule has 0 unspecified atom stereocenters. The highest BCUT2D eigenvalue weighted by Crippen LogP contribution is 2.22. The Labute approximate surface area is 141 Å². The Morgan fingerprint density at radius 2 is 2.05 bits per heavy atom. The standard InChI is InChI=1S/C13H14BrClN2O2S2/c1-16-6-9-4-12(2-3-13(9)15)21(18,19)17-7-11-5-10(14)8-20-11/h2-5,8,16-17H,6-7H2,1H3. The average Bonchev–Trinajstić information content (AvgIpc) is 2.85. The molecule has 0 radical (unpaired) electrons. The van der Waals surface area contributed by atoms with E-state index in [4.69, 9.17) is 11.6 Å². The van der Waals surface area contributed by atoms with Crippen molar-refractivity contribution in [2.75, 3.05) is 7.05 Å². The van der Waals surface area contributed by atoms with Crippen LogP contribution in [0.4, 0.5) is 0 Å². The van der Waals surface area contributed by atoms with Gasteiger partial charge < -0.3 is 5.32 Å². The van der Waals surface area contributed by atoms with E-state index in [-0.39, 0.29) is 11.4 Å². The first-order chi connectivity index (χ1) is 9.92. The third kappa shape index (κ3) is 4.51. The van der Waals surface area contributed by atoms with E-state index in [2.05, 4.69) is 26.0 Å². The van der Waals surface area contributed by atoms with E-state index in [1.165, 1.54) is 17.4 Å². The molecule has 2 N–H and O–H groups in total. The van der Waals surface area contributed by atoms with Crippen molar-refractivity contribution >= 4 is 48.9 Å². The molecule has 1 aromatic heterocycles. The van der Waals surface area contributed by atoms with Gasteiger partial charge in [-0.25, -0.2) is 13.1 Å². The van der Waals surface area contributed by atoms with E-state index in [0.29, 0.717) is 11.6 Å². The van der Waals surface area contributed by atoms with E-state index < -0.39 is 10.0 Å². The fourth-order valence-electron chi connectivity index (χ4n) is 1.74. The molecule has 0 saturated carbocycles. The Kier molecular flexibility index (Phi) is 5.81. The van der Waals surface area contributed by atoms with Crippen molar-refractivity contribution in [3.05, 3.63) is 49.6 Å². The number of hydrogen-bond donors (Lipinski definition) is 2. The normalized spacial score (nSPS) is 11.8. The monoisotopic (exact) mass is 408 g/mol. The third-order valence-electron chi connectivity index (χ3n) is 2.75. The maximum Gasteiger partial charge on any atom is 0.240 e. The van der Waals surface area contributed by atoms with Crippen LogP contribution in [0, 0.1) is 0 Å². The van der Waals surface area contributed by atoms with Crippen LogP contribution >= 0.6 is 38.9 Å². The average molecular weight is 410 g/mol. The highest BCUT2D eigenvalue weighted by Gasteiger charge is 2.15. The number of hydrogen-bond acceptors (Lipinski definition) is 4. The van der Waals surface area contributed by atoms with Crippen LogP contribution in [-0.4, -0.2) is 15.5 Å². The topological polar surface area (TPSA) is 58.2 Å². The third-order valence-corrected chi connectivity index (χ3v) is 6.22. The van der Waals surface area contributed by atoms with Crippen molar-refractivity contribution in [1.29, 1.82) is 0 Å². The molecular formula is C13H14BrClN2O2S2. The van der Waals surface area contributed by atoms with Gasteiger partial charge in [-0.1, -0.05) is 11.6 Å². The van der Waals surface area contributed by atoms with E-state index in [9.17, 15) is 8.42 Å². The van der Waals surface area contributed by atoms with Gasteiger partial charge in [0.1, 0.15) is 0 Å². The van der Waals surface area contributed by atoms with E-state index in [1.807, 2.05) is 11.4 Å². The Bertz CT molecular complexity index is 732. The summed E-state index contributed by atoms with van der Waals surface area (Å²) in [4.78, 5) is 1.16. The highest BCUT2D eigenvalue weighted by molar-refractivity contribution is 9.10. The minimum Gasteiger partial charge on any atom is -0.316 e. The zero-order valence-electron chi connectivity index (χ0n) is 11.2. The molecular weight excluding hydrogens is 396 g/mol. The first-order valence-electron chi connectivity index (χ1n) is 6.08. The quantitative estimate of drug-likeness (QED) is 0.769. The van der Waals surface area contributed by atoms with Crippen molar-refractivity contribution < 1.29 is 8.42 Å². The molecule has 2 aromatic rings. The van der Waals surface area contributed by atoms with Crippen LogP contribution in [0.2, 0.25) is 5.02 Å². The minimum atomic E-state index is -3.55. The smallest absolute Gasteiger partial charge is 0.240 e. The van der Waals surface area contributed by atoms with Crippen LogP contribution in [0.25, 0.3) is 0 Å². The van der Waals surface area contributed by atoms with Gasteiger partial charge in [0.25, 0.3) is 0 Å². The lowest BCUT2D eigenvalue weighted by Crippen LogP contribution is -2.23. The molecule has 8 heteroatoms. The summed E-state index contributed by atoms with van der Waals surface area (Å²) < 4.78 is 28.1. The summed E-state index contributed by atoms with van der Waals surface area (Å²) in [6.45, 7) is 0.780. The molecule has 0 spiro atoms. The summed E-state index contributed by atoms with van der Waals surface area (Å²) >= 11 is 10.9. The fraction of sp³-hybridized carbons (Fsp3) is 0.231. The van der Waals surface area contributed by atoms with Crippen LogP contribution in [0.1, 0.15) is 10.4 Å². The van der Waals surface area contributed by atoms with Crippen LogP contribution in [0.5, 0.6) is 0 Å². The second-order valence-electron chi connectivity index (χ2n) is 4.34. The molecule has 0 saturated heterocycles. The Hall–Kier alpha value is -0.440. The molecule has 0 aliphatic heterocycles. The fourth-order valence-corrected chi connectivity index (χ4v) is 4.46. The molecule has 0 bridgehead atoms. The maximum atomic E-state index is 12.3. The summed E-state index contributed by atoms with van der Waals surface area (Å²) in [5.74, 6) is 0. The second-order valence-corrected chi connectivity index (χ2v) is 8.42. The van der Waals surface area contributed by atoms with Gasteiger partial charge in [0.15, 0.2) is 0 Å². The zero-order valence-corrected chi connectivity index (χ0v) is 15.2. The molecule has 21 heavy (non-hydrogen) atoms. The summed E-state index contributed by atoms with van der Waals surface area (Å²) in [7, 11) is -1.77. The highest BCUT2D eigenvalue weighted by atomic mass is 79.9. The molecule has 1 heterocycles. The van der Waals surface area contributed by atoms with Crippen molar-refractivity contribution in [2.45, 2.75) is 18.0 Å². The summed E-state index contributed by atoms with van der Waals surface area (Å²) in [6, 6.07) is 6.59. The Morgan fingerprint density at radius 3 is 2.67 bits per heavy atom. The number of rotatable bonds is 6. The zero-order chi connectivity index (χ0) is 15.5. The van der Waals surface area contributed by atoms with E-state index in [0.717, 1.165) is 14.9 Å². The lowest BCUT2D eigenvalue weighted by Gasteiger charge is -2.09. The van der Waals surface area contributed by atoms with E-state index >= 15 is 0 Å². The largest absolute Gasteiger partial charge is 0.316 e. The number of nitrogens with one attached hydrogen (secondary N) is 2. The molecule has 0 aliphatic rings. The maximum absolute atomic E-state index is 12.3. The van der Waals surface area contributed by atoms with Gasteiger partial charge in [-0.3, -0.25) is 0 Å². The van der Waals surface area contributed by atoms with Gasteiger partial charge in [-0.2, -0.15) is 0 Å². The van der Waals surface area contributed by atoms with Gasteiger partial charge in [-0.05, 0) is 52.8 Å². The summed E-state index contributed by atoms with van der Waals surface area (Å²) in [6.07, 6.45) is 0. The van der Waals surface area contributed by atoms with Crippen LogP contribution in [0.3, 0.4) is 0 Å². The number of benzene rings is 1. The lowest BCUT2D eigenvalue weighted by atomic mass is 10.2. The second kappa shape index (κ2) is 7.21. The Balaban J connectivity index is 2.17. The molecule has 1 aromatic carbocycles. The van der Waals surface area contributed by atoms with Gasteiger partial charge in [0, 0.05) is 32.8 Å². The first-order valence-corrected chi connectivity index (χ1v) is 9.61. The van der Waals surface area contributed by atoms with E-state index in [1.54, 1.807) is 19.2 Å². The van der Waals surface area contributed by atoms with Crippen molar-refractivity contribution in [2.24, 2.45) is 0 Å². The molecule has 0 fully saturated rings. The first kappa shape index (κ1) is 16.9. The molecule has 0 amide bonds. The summed E-state index contributed by atoms with van der Waals surface area (Å²) in [5.41, 5.74) is 0.751. The van der Waals surface area contributed by atoms with Crippen LogP contribution in [-0.2, 0) is 23.1 Å². The molecule has 2 rings (SSSR count). The van der Waals surface area contributed by atoms with Crippen LogP contribution < -0.4 is 10.0 Å². The number of sulfonamides is 1. The molecule has 114 valence electrons. The predicted octanol–water partition coefficient (Wildman–Crippen LogP) is 3.36. The van der Waals surface area contributed by atoms with Crippen LogP contribution in [0.15, 0.2) is 39.0 Å². The van der Waals surface area contributed by atoms with Gasteiger partial charge in [0.2, 0.25) is 10.0 Å². The molecule has 0 atom stereocenters. The predicted molar refractivity (Wildman–Crippen MR) is 90.3 cm³/mol. The van der Waals surface area contributed by atoms with Gasteiger partial charge in [0.05, 0.1) is 4.90 Å². The minimum absolute atomic E-state index is 0.216. The van der Waals surface area contributed by atoms with Crippen molar-refractivity contribution in [3.63, 3.8) is 0 Å². The number of halogens is 2. The van der Waals surface area contributed by atoms with Crippen molar-refractivity contribution in [3.8, 4) is 0 Å². The molecule has 0 aliphatic carbocycles. The van der Waals surface area contributed by atoms with Gasteiger partial charge in [-0.15, -0.1) is 11.3 Å². The molecule has 4 nitrogen and oxygen atoms in total. The van der Waals surface area contributed by atoms with Gasteiger partial charge >= 0.3 is 0 Å². The van der Waals surface area contributed by atoms with Crippen molar-refractivity contribution in [1.82, 2.24) is 10.0 Å². The number of thiophene rings is 1. The lowest BCUT2D eigenvalue weighted by molar-refractivity contribution is 0.581.